The highest BCUT2D eigenvalue weighted by Gasteiger charge is 2.17. The summed E-state index contributed by atoms with van der Waals surface area (Å²) >= 11 is 0. The minimum absolute atomic E-state index is 0.299. The van der Waals surface area contributed by atoms with Gasteiger partial charge in [0.25, 0.3) is 0 Å². The number of rotatable bonds is 4. The highest BCUT2D eigenvalue weighted by atomic mass is 16.6. The van der Waals surface area contributed by atoms with Crippen LogP contribution in [0.25, 0.3) is 0 Å². The average molecular weight is 135 g/mol. The molecule has 0 spiro atoms. The van der Waals surface area contributed by atoms with Gasteiger partial charge in [0.2, 0.25) is 5.91 Å². The summed E-state index contributed by atoms with van der Waals surface area (Å²) in [5.41, 5.74) is 0. The van der Waals surface area contributed by atoms with Crippen LogP contribution in [0.2, 0.25) is 0 Å². The van der Waals surface area contributed by atoms with Crippen LogP contribution in [0.3, 0.4) is 0 Å². The quantitative estimate of drug-likeness (QED) is 0.443. The predicted octanol–water partition coefficient (Wildman–Crippen LogP) is -0.772. The van der Waals surface area contributed by atoms with Gasteiger partial charge in [0, 0.05) is 13.5 Å². The van der Waals surface area contributed by atoms with Crippen LogP contribution in [0.5, 0.6) is 0 Å². The molecule has 0 aliphatic rings. The van der Waals surface area contributed by atoms with Crippen molar-refractivity contribution < 1.29 is 14.9 Å². The second kappa shape index (κ2) is 3.79. The number of hydrogen-bond donors (Lipinski definition) is 3. The molecule has 0 radical (unpaired) electrons. The molecule has 0 heterocycles. The van der Waals surface area contributed by atoms with Crippen LogP contribution in [-0.2, 0) is 4.74 Å². The summed E-state index contributed by atoms with van der Waals surface area (Å²) in [7, 11) is 0. The fraction of sp³-hybridized carbons (Fsp3) is 1.00. The minimum atomic E-state index is -1.40. The van der Waals surface area contributed by atoms with E-state index < -0.39 is 5.91 Å². The van der Waals surface area contributed by atoms with E-state index in [0.29, 0.717) is 6.61 Å². The summed E-state index contributed by atoms with van der Waals surface area (Å²) in [6.45, 7) is 3.28. The fourth-order valence-corrected chi connectivity index (χ4v) is 0.479. The van der Waals surface area contributed by atoms with Crippen molar-refractivity contribution in [1.29, 1.82) is 0 Å². The number of aliphatic hydroxyl groups excluding tert-OH is 1. The fourth-order valence-electron chi connectivity index (χ4n) is 0.479. The summed E-state index contributed by atoms with van der Waals surface area (Å²) in [4.78, 5) is 0. The molecule has 0 saturated heterocycles. The Morgan fingerprint density at radius 2 is 2.22 bits per heavy atom. The molecule has 56 valence electrons. The Balaban J connectivity index is 3.43. The summed E-state index contributed by atoms with van der Waals surface area (Å²) in [6.07, 6.45) is 0. The average Bonchev–Trinajstić information content (AvgIpc) is 1.64. The Hall–Kier alpha value is -0.160. The molecule has 4 nitrogen and oxygen atoms in total. The van der Waals surface area contributed by atoms with Crippen molar-refractivity contribution in [3.8, 4) is 0 Å². The van der Waals surface area contributed by atoms with Crippen LogP contribution in [-0.4, -0.2) is 29.5 Å². The molecular formula is C5H13NO3. The van der Waals surface area contributed by atoms with E-state index in [1.807, 2.05) is 0 Å². The second-order valence-corrected chi connectivity index (χ2v) is 1.75. The minimum Gasteiger partial charge on any atom is -0.381 e. The van der Waals surface area contributed by atoms with Gasteiger partial charge in [-0.15, -0.1) is 0 Å². The number of aliphatic hydroxyl groups is 2. The zero-order valence-electron chi connectivity index (χ0n) is 5.72. The van der Waals surface area contributed by atoms with Crippen LogP contribution in [0.4, 0.5) is 0 Å². The van der Waals surface area contributed by atoms with E-state index in [9.17, 15) is 0 Å². The molecule has 0 aromatic rings. The van der Waals surface area contributed by atoms with Gasteiger partial charge in [-0.2, -0.15) is 0 Å². The molecule has 0 aromatic heterocycles. The molecule has 1 unspecified atom stereocenters. The van der Waals surface area contributed by atoms with Gasteiger partial charge in [0.15, 0.2) is 0 Å². The topological polar surface area (TPSA) is 61.7 Å². The smallest absolute Gasteiger partial charge is 0.223 e. The van der Waals surface area contributed by atoms with Gasteiger partial charge in [-0.3, -0.25) is 0 Å². The number of ether oxygens (including phenoxy) is 1. The lowest BCUT2D eigenvalue weighted by atomic mass is 10.5. The van der Waals surface area contributed by atoms with Crippen molar-refractivity contribution in [1.82, 2.24) is 5.32 Å². The highest BCUT2D eigenvalue weighted by molar-refractivity contribution is 4.50. The molecule has 4 heteroatoms. The van der Waals surface area contributed by atoms with Gasteiger partial charge in [-0.05, 0) is 6.92 Å². The zero-order valence-corrected chi connectivity index (χ0v) is 5.72. The molecule has 0 bridgehead atoms. The van der Waals surface area contributed by atoms with E-state index in [1.165, 1.54) is 6.92 Å². The zero-order chi connectivity index (χ0) is 7.33. The van der Waals surface area contributed by atoms with Gasteiger partial charge in [-0.25, -0.2) is 5.32 Å². The van der Waals surface area contributed by atoms with Crippen molar-refractivity contribution in [2.24, 2.45) is 0 Å². The molecule has 0 amide bonds. The van der Waals surface area contributed by atoms with Gasteiger partial charge < -0.3 is 14.9 Å². The Kier molecular flexibility index (Phi) is 3.72. The normalized spacial score (nSPS) is 17.3. The highest BCUT2D eigenvalue weighted by Crippen LogP contribution is 1.97. The van der Waals surface area contributed by atoms with Gasteiger partial charge in [0.1, 0.15) is 0 Å². The van der Waals surface area contributed by atoms with Crippen LogP contribution >= 0.6 is 0 Å². The van der Waals surface area contributed by atoms with E-state index >= 15 is 0 Å². The Morgan fingerprint density at radius 3 is 2.56 bits per heavy atom. The van der Waals surface area contributed by atoms with Crippen LogP contribution < -0.4 is 5.32 Å². The Morgan fingerprint density at radius 1 is 1.67 bits per heavy atom. The van der Waals surface area contributed by atoms with E-state index in [0.717, 1.165) is 0 Å². The molecule has 0 rings (SSSR count). The predicted molar refractivity (Wildman–Crippen MR) is 32.5 cm³/mol. The van der Waals surface area contributed by atoms with Crippen molar-refractivity contribution in [2.75, 3.05) is 13.3 Å². The van der Waals surface area contributed by atoms with Gasteiger partial charge in [-0.1, -0.05) is 0 Å². The van der Waals surface area contributed by atoms with Crippen LogP contribution in [0, 0.1) is 0 Å². The monoisotopic (exact) mass is 135 g/mol. The van der Waals surface area contributed by atoms with E-state index in [-0.39, 0.29) is 6.73 Å². The first-order valence-corrected chi connectivity index (χ1v) is 2.84. The van der Waals surface area contributed by atoms with E-state index in [1.54, 1.807) is 6.92 Å². The standard InChI is InChI=1S/C5H13NO3/c1-3-9-5(2,8)6-4-7/h6-8H,3-4H2,1-2H3. The van der Waals surface area contributed by atoms with Crippen LogP contribution in [0.1, 0.15) is 13.8 Å². The third-order valence-corrected chi connectivity index (χ3v) is 0.832. The molecule has 0 aliphatic heterocycles. The van der Waals surface area contributed by atoms with Crippen LogP contribution in [0.15, 0.2) is 0 Å². The lowest BCUT2D eigenvalue weighted by molar-refractivity contribution is -0.215. The first-order valence-electron chi connectivity index (χ1n) is 2.84. The molecule has 9 heavy (non-hydrogen) atoms. The first-order chi connectivity index (χ1) is 4.12. The van der Waals surface area contributed by atoms with E-state index in [2.05, 4.69) is 5.32 Å². The molecular weight excluding hydrogens is 122 g/mol. The summed E-state index contributed by atoms with van der Waals surface area (Å²) < 4.78 is 4.75. The third kappa shape index (κ3) is 4.35. The summed E-state index contributed by atoms with van der Waals surface area (Å²) in [5.74, 6) is -1.40. The maximum absolute atomic E-state index is 9.02. The Labute approximate surface area is 54.5 Å². The lowest BCUT2D eigenvalue weighted by Gasteiger charge is -2.22. The third-order valence-electron chi connectivity index (χ3n) is 0.832. The van der Waals surface area contributed by atoms with Crippen molar-refractivity contribution >= 4 is 0 Å². The molecule has 0 aliphatic carbocycles. The van der Waals surface area contributed by atoms with Gasteiger partial charge >= 0.3 is 0 Å². The summed E-state index contributed by atoms with van der Waals surface area (Å²) in [5, 5.41) is 19.6. The molecule has 0 fully saturated rings. The molecule has 1 atom stereocenters. The SMILES string of the molecule is CCOC(C)(O)NCO. The lowest BCUT2D eigenvalue weighted by Crippen LogP contribution is -2.45. The molecule has 0 aromatic carbocycles. The van der Waals surface area contributed by atoms with Crippen molar-refractivity contribution in [3.63, 3.8) is 0 Å². The first kappa shape index (κ1) is 8.84. The second-order valence-electron chi connectivity index (χ2n) is 1.75. The van der Waals surface area contributed by atoms with Crippen molar-refractivity contribution in [2.45, 2.75) is 19.8 Å². The largest absolute Gasteiger partial charge is 0.381 e. The number of hydrogen-bond acceptors (Lipinski definition) is 4. The van der Waals surface area contributed by atoms with E-state index in [4.69, 9.17) is 14.9 Å². The maximum atomic E-state index is 9.02. The summed E-state index contributed by atoms with van der Waals surface area (Å²) in [6, 6.07) is 0. The maximum Gasteiger partial charge on any atom is 0.223 e. The number of nitrogens with one attached hydrogen (secondary N) is 1. The van der Waals surface area contributed by atoms with Crippen molar-refractivity contribution in [3.05, 3.63) is 0 Å². The Bertz CT molecular complexity index is 66.6. The van der Waals surface area contributed by atoms with Gasteiger partial charge in [0.05, 0.1) is 6.73 Å². The molecule has 3 N–H and O–H groups in total. The molecule has 0 saturated carbocycles.